The minimum absolute atomic E-state index is 0.0672. The summed E-state index contributed by atoms with van der Waals surface area (Å²) in [6.45, 7) is 4.51. The molecule has 188 valence electrons. The molecule has 1 heterocycles. The summed E-state index contributed by atoms with van der Waals surface area (Å²) in [6.07, 6.45) is 2.38. The number of primary amides is 1. The molecule has 12 nitrogen and oxygen atoms in total. The fourth-order valence-corrected chi connectivity index (χ4v) is 3.69. The number of rotatable bonds is 14. The maximum absolute atomic E-state index is 12.9. The number of aliphatic carboxylic acids is 1. The Hall–Kier alpha value is -2.73. The van der Waals surface area contributed by atoms with Gasteiger partial charge in [0.15, 0.2) is 0 Å². The van der Waals surface area contributed by atoms with E-state index in [0.717, 1.165) is 0 Å². The van der Waals surface area contributed by atoms with Crippen LogP contribution >= 0.6 is 0 Å². The molecular weight excluding hydrogens is 432 g/mol. The van der Waals surface area contributed by atoms with Crippen LogP contribution in [-0.4, -0.2) is 76.9 Å². The number of hydrogen-bond acceptors (Lipinski definition) is 7. The quantitative estimate of drug-likeness (QED) is 0.162. The van der Waals surface area contributed by atoms with Gasteiger partial charge in [0.25, 0.3) is 0 Å². The Balaban J connectivity index is 2.90. The molecule has 33 heavy (non-hydrogen) atoms. The summed E-state index contributed by atoms with van der Waals surface area (Å²) in [5.41, 5.74) is 16.7. The lowest BCUT2D eigenvalue weighted by Crippen LogP contribution is -2.57. The van der Waals surface area contributed by atoms with E-state index in [-0.39, 0.29) is 18.2 Å². The number of carbonyl (C=O) groups excluding carboxylic acids is 4. The van der Waals surface area contributed by atoms with Gasteiger partial charge in [0, 0.05) is 6.54 Å². The predicted molar refractivity (Wildman–Crippen MR) is 120 cm³/mol. The lowest BCUT2D eigenvalue weighted by molar-refractivity contribution is -0.143. The zero-order valence-corrected chi connectivity index (χ0v) is 19.4. The molecule has 5 unspecified atom stereocenters. The van der Waals surface area contributed by atoms with Crippen molar-refractivity contribution >= 4 is 29.6 Å². The average Bonchev–Trinajstić information content (AvgIpc) is 3.25. The number of nitrogens with one attached hydrogen (secondary N) is 2. The second kappa shape index (κ2) is 13.7. The standard InChI is InChI=1S/C21H38N6O6/c1-3-12(2)17(24)20(31)27-10-6-8-15(27)19(30)26-14(11-16(23)28)18(29)25-13(21(32)33)7-4-5-9-22/h12-15,17H,3-11,22,24H2,1-2H3,(H2,23,28)(H,25,29)(H,26,30)(H,32,33). The van der Waals surface area contributed by atoms with Gasteiger partial charge < -0.3 is 37.8 Å². The third-order valence-corrected chi connectivity index (χ3v) is 5.98. The van der Waals surface area contributed by atoms with Gasteiger partial charge in [-0.15, -0.1) is 0 Å². The highest BCUT2D eigenvalue weighted by Gasteiger charge is 2.39. The van der Waals surface area contributed by atoms with Crippen molar-refractivity contribution in [2.45, 2.75) is 83.0 Å². The van der Waals surface area contributed by atoms with Crippen molar-refractivity contribution in [3.8, 4) is 0 Å². The fraction of sp³-hybridized carbons (Fsp3) is 0.762. The molecule has 0 aromatic rings. The van der Waals surface area contributed by atoms with Crippen molar-refractivity contribution in [1.82, 2.24) is 15.5 Å². The van der Waals surface area contributed by atoms with Crippen molar-refractivity contribution in [2.75, 3.05) is 13.1 Å². The molecule has 5 atom stereocenters. The monoisotopic (exact) mass is 470 g/mol. The van der Waals surface area contributed by atoms with Crippen LogP contribution in [0.15, 0.2) is 0 Å². The van der Waals surface area contributed by atoms with Crippen LogP contribution in [0.25, 0.3) is 0 Å². The van der Waals surface area contributed by atoms with E-state index in [2.05, 4.69) is 10.6 Å². The predicted octanol–water partition coefficient (Wildman–Crippen LogP) is -1.59. The van der Waals surface area contributed by atoms with E-state index in [9.17, 15) is 29.1 Å². The fourth-order valence-electron chi connectivity index (χ4n) is 3.69. The van der Waals surface area contributed by atoms with Gasteiger partial charge in [0.2, 0.25) is 23.6 Å². The summed E-state index contributed by atoms with van der Waals surface area (Å²) in [5, 5.41) is 14.2. The maximum Gasteiger partial charge on any atom is 0.326 e. The van der Waals surface area contributed by atoms with Gasteiger partial charge in [0.1, 0.15) is 18.1 Å². The molecule has 0 spiro atoms. The zero-order valence-electron chi connectivity index (χ0n) is 19.4. The van der Waals surface area contributed by atoms with Crippen molar-refractivity contribution in [3.63, 3.8) is 0 Å². The Morgan fingerprint density at radius 3 is 2.33 bits per heavy atom. The Kier molecular flexibility index (Phi) is 11.8. The molecule has 1 fully saturated rings. The SMILES string of the molecule is CCC(C)C(N)C(=O)N1CCCC1C(=O)NC(CC(N)=O)C(=O)NC(CCCCN)C(=O)O. The molecule has 0 aromatic carbocycles. The van der Waals surface area contributed by atoms with Gasteiger partial charge in [-0.1, -0.05) is 20.3 Å². The minimum atomic E-state index is -1.37. The van der Waals surface area contributed by atoms with Crippen molar-refractivity contribution in [2.24, 2.45) is 23.1 Å². The second-order valence-electron chi connectivity index (χ2n) is 8.52. The number of carboxylic acid groups (broad SMARTS) is 1. The van der Waals surface area contributed by atoms with Crippen LogP contribution in [0.3, 0.4) is 0 Å². The molecule has 1 aliphatic heterocycles. The molecule has 9 N–H and O–H groups in total. The summed E-state index contributed by atoms with van der Waals surface area (Å²) in [4.78, 5) is 62.8. The van der Waals surface area contributed by atoms with E-state index in [1.165, 1.54) is 4.90 Å². The van der Waals surface area contributed by atoms with E-state index >= 15 is 0 Å². The van der Waals surface area contributed by atoms with Crippen LogP contribution in [0, 0.1) is 5.92 Å². The van der Waals surface area contributed by atoms with E-state index in [4.69, 9.17) is 17.2 Å². The number of carboxylic acids is 1. The van der Waals surface area contributed by atoms with E-state index in [0.29, 0.717) is 45.2 Å². The summed E-state index contributed by atoms with van der Waals surface area (Å²) < 4.78 is 0. The number of unbranched alkanes of at least 4 members (excludes halogenated alkanes) is 1. The molecule has 4 amide bonds. The largest absolute Gasteiger partial charge is 0.480 e. The van der Waals surface area contributed by atoms with Crippen LogP contribution in [0.5, 0.6) is 0 Å². The Bertz CT molecular complexity index is 717. The summed E-state index contributed by atoms with van der Waals surface area (Å²) in [5.74, 6) is -3.95. The molecule has 0 aliphatic carbocycles. The first-order valence-electron chi connectivity index (χ1n) is 11.4. The normalized spacial score (nSPS) is 19.3. The average molecular weight is 471 g/mol. The summed E-state index contributed by atoms with van der Waals surface area (Å²) >= 11 is 0. The van der Waals surface area contributed by atoms with Gasteiger partial charge in [-0.25, -0.2) is 4.79 Å². The van der Waals surface area contributed by atoms with Gasteiger partial charge in [-0.05, 0) is 44.6 Å². The highest BCUT2D eigenvalue weighted by Crippen LogP contribution is 2.21. The molecule has 1 aliphatic rings. The van der Waals surface area contributed by atoms with E-state index in [1.54, 1.807) is 0 Å². The molecule has 1 saturated heterocycles. The lowest BCUT2D eigenvalue weighted by Gasteiger charge is -2.30. The van der Waals surface area contributed by atoms with Gasteiger partial charge in [-0.3, -0.25) is 19.2 Å². The van der Waals surface area contributed by atoms with Gasteiger partial charge in [0.05, 0.1) is 12.5 Å². The molecular formula is C21H38N6O6. The topological polar surface area (TPSA) is 211 Å². The molecule has 0 saturated carbocycles. The third-order valence-electron chi connectivity index (χ3n) is 5.98. The van der Waals surface area contributed by atoms with E-state index in [1.807, 2.05) is 13.8 Å². The van der Waals surface area contributed by atoms with E-state index < -0.39 is 54.3 Å². The second-order valence-corrected chi connectivity index (χ2v) is 8.52. The number of nitrogens with two attached hydrogens (primary N) is 3. The number of nitrogens with zero attached hydrogens (tertiary/aromatic N) is 1. The van der Waals surface area contributed by atoms with Crippen LogP contribution < -0.4 is 27.8 Å². The van der Waals surface area contributed by atoms with Gasteiger partial charge >= 0.3 is 5.97 Å². The molecule has 0 aromatic heterocycles. The van der Waals surface area contributed by atoms with Crippen molar-refractivity contribution < 1.29 is 29.1 Å². The number of carbonyl (C=O) groups is 5. The third kappa shape index (κ3) is 8.61. The summed E-state index contributed by atoms with van der Waals surface area (Å²) in [7, 11) is 0. The number of hydrogen-bond donors (Lipinski definition) is 6. The summed E-state index contributed by atoms with van der Waals surface area (Å²) in [6, 6.07) is -4.16. The first-order chi connectivity index (χ1) is 15.5. The first kappa shape index (κ1) is 28.3. The van der Waals surface area contributed by atoms with Crippen molar-refractivity contribution in [1.29, 1.82) is 0 Å². The first-order valence-corrected chi connectivity index (χ1v) is 11.4. The van der Waals surface area contributed by atoms with Gasteiger partial charge in [-0.2, -0.15) is 0 Å². The number of amides is 4. The smallest absolute Gasteiger partial charge is 0.326 e. The molecule has 0 bridgehead atoms. The maximum atomic E-state index is 12.9. The van der Waals surface area contributed by atoms with Crippen molar-refractivity contribution in [3.05, 3.63) is 0 Å². The highest BCUT2D eigenvalue weighted by atomic mass is 16.4. The molecule has 0 radical (unpaired) electrons. The van der Waals surface area contributed by atoms with Crippen LogP contribution in [-0.2, 0) is 24.0 Å². The lowest BCUT2D eigenvalue weighted by atomic mass is 9.98. The zero-order chi connectivity index (χ0) is 25.1. The van der Waals surface area contributed by atoms with Crippen LogP contribution in [0.1, 0.15) is 58.8 Å². The Morgan fingerprint density at radius 2 is 1.79 bits per heavy atom. The molecule has 12 heteroatoms. The van der Waals surface area contributed by atoms with Crippen LogP contribution in [0.4, 0.5) is 0 Å². The Labute approximate surface area is 194 Å². The minimum Gasteiger partial charge on any atom is -0.480 e. The molecule has 1 rings (SSSR count). The van der Waals surface area contributed by atoms with Crippen LogP contribution in [0.2, 0.25) is 0 Å². The Morgan fingerprint density at radius 1 is 1.12 bits per heavy atom. The number of likely N-dealkylation sites (tertiary alicyclic amines) is 1. The highest BCUT2D eigenvalue weighted by molar-refractivity contribution is 5.96.